The van der Waals surface area contributed by atoms with Gasteiger partial charge in [-0.15, -0.1) is 0 Å². The van der Waals surface area contributed by atoms with Crippen molar-refractivity contribution in [3.8, 4) is 0 Å². The maximum atomic E-state index is 5.01. The summed E-state index contributed by atoms with van der Waals surface area (Å²) in [5, 5.41) is 3.48. The van der Waals surface area contributed by atoms with Crippen molar-refractivity contribution in [2.45, 2.75) is 32.4 Å². The Morgan fingerprint density at radius 2 is 2.30 bits per heavy atom. The molecule has 0 saturated heterocycles. The number of nitrogens with one attached hydrogen (secondary N) is 1. The lowest BCUT2D eigenvalue weighted by molar-refractivity contribution is 0.171. The van der Waals surface area contributed by atoms with Crippen molar-refractivity contribution in [1.29, 1.82) is 0 Å². The van der Waals surface area contributed by atoms with Gasteiger partial charge in [-0.05, 0) is 19.3 Å². The van der Waals surface area contributed by atoms with Crippen molar-refractivity contribution in [3.05, 3.63) is 0 Å². The molecule has 1 rings (SSSR count). The summed E-state index contributed by atoms with van der Waals surface area (Å²) in [6.45, 7) is 5.26. The minimum atomic E-state index is 0.514. The van der Waals surface area contributed by atoms with Crippen molar-refractivity contribution in [3.63, 3.8) is 0 Å². The number of rotatable bonds is 4. The fraction of sp³-hybridized carbons (Fsp3) is 1.00. The van der Waals surface area contributed by atoms with Crippen molar-refractivity contribution in [1.82, 2.24) is 5.32 Å². The predicted molar refractivity (Wildman–Crippen MR) is 42.0 cm³/mol. The minimum absolute atomic E-state index is 0.514. The Morgan fingerprint density at radius 1 is 1.70 bits per heavy atom. The first-order valence-corrected chi connectivity index (χ1v) is 3.99. The Balaban J connectivity index is 2.01. The molecule has 0 aromatic rings. The minimum Gasteiger partial charge on any atom is -0.383 e. The van der Waals surface area contributed by atoms with Crippen LogP contribution in [0.5, 0.6) is 0 Å². The van der Waals surface area contributed by atoms with Crippen LogP contribution in [0.1, 0.15) is 20.3 Å². The second-order valence-corrected chi connectivity index (χ2v) is 3.34. The Hall–Kier alpha value is -0.0800. The van der Waals surface area contributed by atoms with Crippen LogP contribution in [-0.4, -0.2) is 25.8 Å². The molecule has 1 fully saturated rings. The lowest BCUT2D eigenvalue weighted by Gasteiger charge is -2.11. The van der Waals surface area contributed by atoms with E-state index in [2.05, 4.69) is 19.2 Å². The van der Waals surface area contributed by atoms with E-state index in [0.717, 1.165) is 18.6 Å². The lowest BCUT2D eigenvalue weighted by atomic mass is 10.3. The molecule has 0 aliphatic heterocycles. The zero-order valence-corrected chi connectivity index (χ0v) is 7.05. The van der Waals surface area contributed by atoms with Crippen LogP contribution in [-0.2, 0) is 4.74 Å². The van der Waals surface area contributed by atoms with E-state index in [1.54, 1.807) is 7.11 Å². The van der Waals surface area contributed by atoms with E-state index < -0.39 is 0 Å². The summed E-state index contributed by atoms with van der Waals surface area (Å²) in [4.78, 5) is 0. The van der Waals surface area contributed by atoms with Crippen LogP contribution in [0.25, 0.3) is 0 Å². The Kier molecular flexibility index (Phi) is 2.69. The largest absolute Gasteiger partial charge is 0.383 e. The molecular formula is C8H17NO. The molecule has 1 saturated carbocycles. The van der Waals surface area contributed by atoms with Gasteiger partial charge in [0.1, 0.15) is 0 Å². The lowest BCUT2D eigenvalue weighted by Crippen LogP contribution is -2.32. The molecule has 1 N–H and O–H groups in total. The molecule has 0 aromatic carbocycles. The van der Waals surface area contributed by atoms with Crippen molar-refractivity contribution < 1.29 is 4.74 Å². The van der Waals surface area contributed by atoms with Gasteiger partial charge in [0.2, 0.25) is 0 Å². The smallest absolute Gasteiger partial charge is 0.0613 e. The van der Waals surface area contributed by atoms with Crippen LogP contribution in [0.15, 0.2) is 0 Å². The van der Waals surface area contributed by atoms with Crippen LogP contribution in [0, 0.1) is 5.92 Å². The van der Waals surface area contributed by atoms with E-state index in [1.807, 2.05) is 0 Å². The van der Waals surface area contributed by atoms with Gasteiger partial charge in [0.25, 0.3) is 0 Å². The first-order valence-electron chi connectivity index (χ1n) is 3.99. The van der Waals surface area contributed by atoms with Gasteiger partial charge >= 0.3 is 0 Å². The molecule has 0 amide bonds. The summed E-state index contributed by atoms with van der Waals surface area (Å²) in [5.41, 5.74) is 0. The maximum Gasteiger partial charge on any atom is 0.0613 e. The second kappa shape index (κ2) is 3.35. The molecule has 10 heavy (non-hydrogen) atoms. The molecule has 0 heterocycles. The molecule has 0 spiro atoms. The van der Waals surface area contributed by atoms with E-state index in [0.29, 0.717) is 6.04 Å². The number of hydrogen-bond donors (Lipinski definition) is 1. The van der Waals surface area contributed by atoms with Crippen LogP contribution in [0.2, 0.25) is 0 Å². The molecule has 2 nitrogen and oxygen atoms in total. The van der Waals surface area contributed by atoms with Crippen molar-refractivity contribution >= 4 is 0 Å². The third-order valence-corrected chi connectivity index (χ3v) is 2.02. The number of methoxy groups -OCH3 is 1. The highest BCUT2D eigenvalue weighted by molar-refractivity contribution is 4.90. The van der Waals surface area contributed by atoms with Gasteiger partial charge in [-0.3, -0.25) is 0 Å². The van der Waals surface area contributed by atoms with Crippen LogP contribution < -0.4 is 5.32 Å². The summed E-state index contributed by atoms with van der Waals surface area (Å²) in [6.07, 6.45) is 1.34. The van der Waals surface area contributed by atoms with Crippen molar-refractivity contribution in [2.75, 3.05) is 13.7 Å². The fourth-order valence-corrected chi connectivity index (χ4v) is 1.22. The monoisotopic (exact) mass is 143 g/mol. The van der Waals surface area contributed by atoms with Crippen LogP contribution >= 0.6 is 0 Å². The first-order chi connectivity index (χ1) is 4.74. The fourth-order valence-electron chi connectivity index (χ4n) is 1.22. The zero-order chi connectivity index (χ0) is 7.56. The third kappa shape index (κ3) is 2.27. The van der Waals surface area contributed by atoms with E-state index >= 15 is 0 Å². The summed E-state index contributed by atoms with van der Waals surface area (Å²) in [7, 11) is 1.74. The molecule has 1 aliphatic carbocycles. The van der Waals surface area contributed by atoms with Gasteiger partial charge in [0.05, 0.1) is 6.61 Å². The van der Waals surface area contributed by atoms with Gasteiger partial charge in [0.15, 0.2) is 0 Å². The number of hydrogen-bond acceptors (Lipinski definition) is 2. The zero-order valence-electron chi connectivity index (χ0n) is 7.05. The van der Waals surface area contributed by atoms with Crippen molar-refractivity contribution in [2.24, 2.45) is 5.92 Å². The summed E-state index contributed by atoms with van der Waals surface area (Å²) >= 11 is 0. The van der Waals surface area contributed by atoms with E-state index in [4.69, 9.17) is 4.74 Å². The second-order valence-electron chi connectivity index (χ2n) is 3.34. The highest BCUT2D eigenvalue weighted by Crippen LogP contribution is 2.29. The Labute approximate surface area is 63.0 Å². The molecule has 0 bridgehead atoms. The third-order valence-electron chi connectivity index (χ3n) is 2.02. The molecule has 0 aromatic heterocycles. The molecule has 0 radical (unpaired) electrons. The molecule has 2 heteroatoms. The van der Waals surface area contributed by atoms with Gasteiger partial charge in [-0.25, -0.2) is 0 Å². The molecule has 60 valence electrons. The van der Waals surface area contributed by atoms with E-state index in [1.165, 1.54) is 6.42 Å². The highest BCUT2D eigenvalue weighted by Gasteiger charge is 2.32. The normalized spacial score (nSPS) is 33.9. The Morgan fingerprint density at radius 3 is 2.70 bits per heavy atom. The summed E-state index contributed by atoms with van der Waals surface area (Å²) in [6, 6.07) is 1.28. The summed E-state index contributed by atoms with van der Waals surface area (Å²) < 4.78 is 5.01. The van der Waals surface area contributed by atoms with Gasteiger partial charge in [0, 0.05) is 19.2 Å². The average molecular weight is 143 g/mol. The molecule has 3 atom stereocenters. The van der Waals surface area contributed by atoms with Crippen LogP contribution in [0.4, 0.5) is 0 Å². The summed E-state index contributed by atoms with van der Waals surface area (Å²) in [5.74, 6) is 0.888. The maximum absolute atomic E-state index is 5.01. The highest BCUT2D eigenvalue weighted by atomic mass is 16.5. The standard InChI is InChI=1S/C8H17NO/c1-6-4-8(6)9-7(2)5-10-3/h6-9H,4-5H2,1-3H3. The molecular weight excluding hydrogens is 126 g/mol. The van der Waals surface area contributed by atoms with Gasteiger partial charge in [-0.1, -0.05) is 6.92 Å². The molecule has 1 aliphatic rings. The molecule has 3 unspecified atom stereocenters. The topological polar surface area (TPSA) is 21.3 Å². The first kappa shape index (κ1) is 8.02. The SMILES string of the molecule is COCC(C)NC1CC1C. The quantitative estimate of drug-likeness (QED) is 0.634. The average Bonchev–Trinajstić information content (AvgIpc) is 2.47. The van der Waals surface area contributed by atoms with Crippen LogP contribution in [0.3, 0.4) is 0 Å². The van der Waals surface area contributed by atoms with E-state index in [9.17, 15) is 0 Å². The van der Waals surface area contributed by atoms with Gasteiger partial charge < -0.3 is 10.1 Å². The predicted octanol–water partition coefficient (Wildman–Crippen LogP) is 1.02. The Bertz CT molecular complexity index is 105. The van der Waals surface area contributed by atoms with E-state index in [-0.39, 0.29) is 0 Å². The number of ether oxygens (including phenoxy) is 1. The van der Waals surface area contributed by atoms with Gasteiger partial charge in [-0.2, -0.15) is 0 Å².